The number of aromatic amines is 1. The quantitative estimate of drug-likeness (QED) is 0.641. The summed E-state index contributed by atoms with van der Waals surface area (Å²) in [6.07, 6.45) is -9.41. The monoisotopic (exact) mass is 307 g/mol. The molecule has 21 heavy (non-hydrogen) atoms. The molecule has 2 rings (SSSR count). The fourth-order valence-corrected chi connectivity index (χ4v) is 1.76. The Morgan fingerprint density at radius 3 is 1.76 bits per heavy atom. The lowest BCUT2D eigenvalue weighted by Gasteiger charge is -2.13. The van der Waals surface area contributed by atoms with Crippen molar-refractivity contribution in [3.63, 3.8) is 0 Å². The molecule has 0 bridgehead atoms. The van der Waals surface area contributed by atoms with E-state index in [-0.39, 0.29) is 23.0 Å². The zero-order chi connectivity index (χ0) is 15.8. The van der Waals surface area contributed by atoms with Gasteiger partial charge < -0.3 is 4.98 Å². The van der Waals surface area contributed by atoms with Crippen molar-refractivity contribution in [3.8, 4) is 11.3 Å². The van der Waals surface area contributed by atoms with Gasteiger partial charge in [-0.2, -0.15) is 26.3 Å². The molecule has 0 saturated carbocycles. The van der Waals surface area contributed by atoms with E-state index >= 15 is 0 Å². The zero-order valence-corrected chi connectivity index (χ0v) is 10.1. The highest BCUT2D eigenvalue weighted by molar-refractivity contribution is 5.75. The van der Waals surface area contributed by atoms with Crippen molar-refractivity contribution in [2.24, 2.45) is 0 Å². The van der Waals surface area contributed by atoms with Crippen LogP contribution in [0.5, 0.6) is 0 Å². The maximum atomic E-state index is 12.7. The minimum Gasteiger partial charge on any atom is -0.352 e. The number of benzene rings is 1. The molecular formula is C13H7F6NO. The topological polar surface area (TPSA) is 32.9 Å². The summed E-state index contributed by atoms with van der Waals surface area (Å²) in [5.74, 6) is 0. The standard InChI is InChI=1S/C13H7F6NO/c14-12(15,16)8-3-7(4-9(5-8)13(17,18)19)11-2-1-10(6-21)20-11/h1-6,20H. The smallest absolute Gasteiger partial charge is 0.352 e. The Bertz CT molecular complexity index is 636. The van der Waals surface area contributed by atoms with Gasteiger partial charge in [0.25, 0.3) is 0 Å². The summed E-state index contributed by atoms with van der Waals surface area (Å²) in [6, 6.07) is 3.73. The average Bonchev–Trinajstić information content (AvgIpc) is 2.85. The minimum absolute atomic E-state index is 0.00583. The second-order valence-electron chi connectivity index (χ2n) is 4.24. The fourth-order valence-electron chi connectivity index (χ4n) is 1.76. The van der Waals surface area contributed by atoms with Gasteiger partial charge in [0.15, 0.2) is 6.29 Å². The average molecular weight is 307 g/mol. The highest BCUT2D eigenvalue weighted by Crippen LogP contribution is 2.38. The minimum atomic E-state index is -4.91. The molecular weight excluding hydrogens is 300 g/mol. The van der Waals surface area contributed by atoms with Gasteiger partial charge >= 0.3 is 12.4 Å². The first-order valence-electron chi connectivity index (χ1n) is 5.55. The van der Waals surface area contributed by atoms with Gasteiger partial charge in [0.2, 0.25) is 0 Å². The molecule has 0 unspecified atom stereocenters. The maximum Gasteiger partial charge on any atom is 0.416 e. The van der Waals surface area contributed by atoms with Crippen LogP contribution in [0.25, 0.3) is 11.3 Å². The molecule has 0 aliphatic carbocycles. The Morgan fingerprint density at radius 1 is 0.857 bits per heavy atom. The lowest BCUT2D eigenvalue weighted by molar-refractivity contribution is -0.143. The van der Waals surface area contributed by atoms with Gasteiger partial charge in [-0.15, -0.1) is 0 Å². The third-order valence-electron chi connectivity index (χ3n) is 2.73. The van der Waals surface area contributed by atoms with Crippen molar-refractivity contribution in [1.82, 2.24) is 4.98 Å². The van der Waals surface area contributed by atoms with Crippen LogP contribution in [-0.2, 0) is 12.4 Å². The third kappa shape index (κ3) is 3.26. The molecule has 112 valence electrons. The van der Waals surface area contributed by atoms with Crippen LogP contribution in [0.15, 0.2) is 30.3 Å². The number of alkyl halides is 6. The maximum absolute atomic E-state index is 12.7. The van der Waals surface area contributed by atoms with Crippen molar-refractivity contribution in [2.45, 2.75) is 12.4 Å². The normalized spacial score (nSPS) is 12.5. The van der Waals surface area contributed by atoms with E-state index in [1.807, 2.05) is 0 Å². The molecule has 0 radical (unpaired) electrons. The molecule has 2 aromatic rings. The molecule has 1 aromatic heterocycles. The Kier molecular flexibility index (Phi) is 3.56. The van der Waals surface area contributed by atoms with E-state index in [1.54, 1.807) is 0 Å². The van der Waals surface area contributed by atoms with E-state index in [2.05, 4.69) is 4.98 Å². The molecule has 0 saturated heterocycles. The first-order chi connectivity index (χ1) is 9.61. The number of rotatable bonds is 2. The second-order valence-corrected chi connectivity index (χ2v) is 4.24. The van der Waals surface area contributed by atoms with Gasteiger partial charge in [0, 0.05) is 5.69 Å². The first kappa shape index (κ1) is 15.1. The highest BCUT2D eigenvalue weighted by atomic mass is 19.4. The van der Waals surface area contributed by atoms with Crippen LogP contribution in [0.2, 0.25) is 0 Å². The van der Waals surface area contributed by atoms with Crippen LogP contribution in [0.4, 0.5) is 26.3 Å². The lowest BCUT2D eigenvalue weighted by Crippen LogP contribution is -2.11. The van der Waals surface area contributed by atoms with Gasteiger partial charge in [-0.3, -0.25) is 4.79 Å². The van der Waals surface area contributed by atoms with E-state index in [9.17, 15) is 31.1 Å². The predicted octanol–water partition coefficient (Wildman–Crippen LogP) is 4.53. The van der Waals surface area contributed by atoms with Crippen LogP contribution in [-0.4, -0.2) is 11.3 Å². The number of hydrogen-bond acceptors (Lipinski definition) is 1. The summed E-state index contributed by atoms with van der Waals surface area (Å²) in [6.45, 7) is 0. The number of carbonyl (C=O) groups is 1. The van der Waals surface area contributed by atoms with Crippen LogP contribution in [0, 0.1) is 0 Å². The van der Waals surface area contributed by atoms with Gasteiger partial charge in [-0.1, -0.05) is 0 Å². The second kappa shape index (κ2) is 4.94. The summed E-state index contributed by atoms with van der Waals surface area (Å²) in [5, 5.41) is 0. The zero-order valence-electron chi connectivity index (χ0n) is 10.1. The van der Waals surface area contributed by atoms with Gasteiger partial charge in [0.05, 0.1) is 16.8 Å². The number of carbonyl (C=O) groups excluding carboxylic acids is 1. The van der Waals surface area contributed by atoms with E-state index in [1.165, 1.54) is 12.1 Å². The molecule has 1 N–H and O–H groups in total. The van der Waals surface area contributed by atoms with Gasteiger partial charge in [0.1, 0.15) is 0 Å². The SMILES string of the molecule is O=Cc1ccc(-c2cc(C(F)(F)F)cc(C(F)(F)F)c2)[nH]1. The molecule has 1 aromatic carbocycles. The van der Waals surface area contributed by atoms with Crippen molar-refractivity contribution in [2.75, 3.05) is 0 Å². The number of aldehydes is 1. The van der Waals surface area contributed by atoms with Crippen molar-refractivity contribution in [1.29, 1.82) is 0 Å². The van der Waals surface area contributed by atoms with E-state index < -0.39 is 23.5 Å². The molecule has 2 nitrogen and oxygen atoms in total. The number of aromatic nitrogens is 1. The van der Waals surface area contributed by atoms with Crippen LogP contribution in [0.3, 0.4) is 0 Å². The summed E-state index contributed by atoms with van der Waals surface area (Å²) >= 11 is 0. The molecule has 0 fully saturated rings. The van der Waals surface area contributed by atoms with Crippen molar-refractivity contribution in [3.05, 3.63) is 47.2 Å². The largest absolute Gasteiger partial charge is 0.416 e. The van der Waals surface area contributed by atoms with Gasteiger partial charge in [-0.05, 0) is 35.9 Å². The van der Waals surface area contributed by atoms with Crippen LogP contribution >= 0.6 is 0 Å². The number of halogens is 6. The number of H-pyrrole nitrogens is 1. The first-order valence-corrected chi connectivity index (χ1v) is 5.55. The fraction of sp³-hybridized carbons (Fsp3) is 0.154. The Hall–Kier alpha value is -2.25. The van der Waals surface area contributed by atoms with Gasteiger partial charge in [-0.25, -0.2) is 0 Å². The van der Waals surface area contributed by atoms with Crippen molar-refractivity contribution < 1.29 is 31.1 Å². The van der Waals surface area contributed by atoms with E-state index in [0.717, 1.165) is 0 Å². The molecule has 8 heteroatoms. The van der Waals surface area contributed by atoms with E-state index in [4.69, 9.17) is 0 Å². The third-order valence-corrected chi connectivity index (χ3v) is 2.73. The predicted molar refractivity (Wildman–Crippen MR) is 61.6 cm³/mol. The molecule has 0 aliphatic heterocycles. The highest BCUT2D eigenvalue weighted by Gasteiger charge is 2.37. The summed E-state index contributed by atoms with van der Waals surface area (Å²) < 4.78 is 76.1. The molecule has 0 spiro atoms. The van der Waals surface area contributed by atoms with E-state index in [0.29, 0.717) is 18.4 Å². The molecule has 0 atom stereocenters. The molecule has 0 amide bonds. The van der Waals surface area contributed by atoms with Crippen LogP contribution < -0.4 is 0 Å². The van der Waals surface area contributed by atoms with Crippen molar-refractivity contribution >= 4 is 6.29 Å². The molecule has 0 aliphatic rings. The molecule has 1 heterocycles. The number of hydrogen-bond donors (Lipinski definition) is 1. The Morgan fingerprint density at radius 2 is 1.38 bits per heavy atom. The Labute approximate surface area is 114 Å². The lowest BCUT2D eigenvalue weighted by atomic mass is 10.0. The summed E-state index contributed by atoms with van der Waals surface area (Å²) in [5.41, 5.74) is -3.07. The summed E-state index contributed by atoms with van der Waals surface area (Å²) in [4.78, 5) is 12.9. The summed E-state index contributed by atoms with van der Waals surface area (Å²) in [7, 11) is 0. The Balaban J connectivity index is 2.62. The number of nitrogens with one attached hydrogen (secondary N) is 1. The van der Waals surface area contributed by atoms with Crippen LogP contribution in [0.1, 0.15) is 21.6 Å².